The van der Waals surface area contributed by atoms with Gasteiger partial charge in [-0.2, -0.15) is 0 Å². The van der Waals surface area contributed by atoms with Gasteiger partial charge in [-0.1, -0.05) is 95.7 Å². The highest BCUT2D eigenvalue weighted by molar-refractivity contribution is 7.13. The van der Waals surface area contributed by atoms with Crippen LogP contribution in [-0.2, 0) is 28.0 Å². The standard InChI is InChI=1S/C56H71FN8O4S/c1-35-27-39(28-36(2)49(35)50-51(64(8)33-60-50)45-24-26-59-46-29-42(57)22-23-44(45)46)31-58-25-16-14-12-10-9-11-13-15-17-48(67)63-53(56(5,6)7)55(69)65-32-43(66)30-47(65)54(68)62-37(3)40-18-20-41(21-19-40)52-38(4)61-34-70-52/h18-24,26-29,33-34,37,43,47,53,58,66H,9-17,25,30-32H2,1-8H3,(H,62,68)(H,63,67)/t37-,43+,47-,53+/m0/s1. The number of fused-ring (bicyclic) bond motifs is 1. The molecule has 4 heterocycles. The van der Waals surface area contributed by atoms with Gasteiger partial charge in [0.1, 0.15) is 17.9 Å². The number of halogens is 1. The molecule has 1 aliphatic heterocycles. The van der Waals surface area contributed by atoms with E-state index in [0.29, 0.717) is 11.9 Å². The van der Waals surface area contributed by atoms with E-state index in [-0.39, 0.29) is 42.5 Å². The molecule has 1 fully saturated rings. The molecule has 6 aromatic rings. The number of aliphatic hydroxyl groups is 1. The minimum Gasteiger partial charge on any atom is -0.391 e. The molecule has 4 N–H and O–H groups in total. The molecule has 0 unspecified atom stereocenters. The van der Waals surface area contributed by atoms with Gasteiger partial charge in [0.25, 0.3) is 0 Å². The number of imidazole rings is 1. The molecule has 1 aliphatic rings. The number of benzene rings is 3. The molecule has 1 saturated heterocycles. The predicted octanol–water partition coefficient (Wildman–Crippen LogP) is 10.5. The highest BCUT2D eigenvalue weighted by Gasteiger charge is 2.44. The molecule has 3 amide bonds. The number of aryl methyl sites for hydroxylation is 4. The second-order valence-electron chi connectivity index (χ2n) is 20.3. The Morgan fingerprint density at radius 3 is 2.23 bits per heavy atom. The first-order valence-corrected chi connectivity index (χ1v) is 25.8. The Kier molecular flexibility index (Phi) is 17.4. The molecule has 0 saturated carbocycles. The van der Waals surface area contributed by atoms with Gasteiger partial charge in [0.05, 0.1) is 51.5 Å². The second-order valence-corrected chi connectivity index (χ2v) is 21.2. The van der Waals surface area contributed by atoms with Crippen molar-refractivity contribution < 1.29 is 23.9 Å². The third-order valence-corrected chi connectivity index (χ3v) is 14.6. The molecular formula is C56H71FN8O4S. The number of unbranched alkanes of at least 4 members (excludes halogenated alkanes) is 7. The molecule has 3 aromatic carbocycles. The first-order chi connectivity index (χ1) is 33.5. The number of hydrogen-bond donors (Lipinski definition) is 4. The number of β-amino-alcohol motifs (C(OH)–C–C–N with tert-alkyl or cyclic N) is 1. The fourth-order valence-corrected chi connectivity index (χ4v) is 10.7. The van der Waals surface area contributed by atoms with E-state index in [1.165, 1.54) is 29.0 Å². The number of nitrogens with one attached hydrogen (secondary N) is 3. The van der Waals surface area contributed by atoms with Crippen molar-refractivity contribution in [3.63, 3.8) is 0 Å². The minimum atomic E-state index is -0.842. The number of nitrogens with zero attached hydrogens (tertiary/aromatic N) is 5. The highest BCUT2D eigenvalue weighted by Crippen LogP contribution is 2.38. The number of thiazole rings is 1. The van der Waals surface area contributed by atoms with Crippen molar-refractivity contribution in [2.24, 2.45) is 12.5 Å². The average Bonchev–Trinajstić information content (AvgIpc) is 4.04. The minimum absolute atomic E-state index is 0.0375. The van der Waals surface area contributed by atoms with E-state index >= 15 is 0 Å². The zero-order valence-corrected chi connectivity index (χ0v) is 43.0. The maximum Gasteiger partial charge on any atom is 0.246 e. The summed E-state index contributed by atoms with van der Waals surface area (Å²) in [7, 11) is 1.99. The first kappa shape index (κ1) is 52.0. The predicted molar refractivity (Wildman–Crippen MR) is 278 cm³/mol. The smallest absolute Gasteiger partial charge is 0.246 e. The summed E-state index contributed by atoms with van der Waals surface area (Å²) >= 11 is 1.59. The topological polar surface area (TPSA) is 154 Å². The zero-order chi connectivity index (χ0) is 50.1. The number of hydrogen-bond acceptors (Lipinski definition) is 9. The molecule has 0 aliphatic carbocycles. The first-order valence-electron chi connectivity index (χ1n) is 25.0. The van der Waals surface area contributed by atoms with Crippen LogP contribution in [0.5, 0.6) is 0 Å². The maximum absolute atomic E-state index is 14.1. The molecule has 0 spiro atoms. The number of amides is 3. The number of rotatable bonds is 21. The van der Waals surface area contributed by atoms with E-state index in [2.05, 4.69) is 51.9 Å². The Hall–Kier alpha value is -5.83. The molecule has 3 aromatic heterocycles. The Balaban J connectivity index is 0.788. The summed E-state index contributed by atoms with van der Waals surface area (Å²) in [5, 5.41) is 21.2. The molecule has 12 nitrogen and oxygen atoms in total. The van der Waals surface area contributed by atoms with Gasteiger partial charge in [-0.25, -0.2) is 14.4 Å². The average molecular weight is 971 g/mol. The molecule has 14 heteroatoms. The van der Waals surface area contributed by atoms with Crippen LogP contribution in [0.3, 0.4) is 0 Å². The Morgan fingerprint density at radius 1 is 0.871 bits per heavy atom. The van der Waals surface area contributed by atoms with Crippen LogP contribution in [0.25, 0.3) is 43.9 Å². The summed E-state index contributed by atoms with van der Waals surface area (Å²) in [6, 6.07) is 17.2. The normalized spacial score (nSPS) is 15.9. The van der Waals surface area contributed by atoms with Gasteiger partial charge in [0.15, 0.2) is 0 Å². The van der Waals surface area contributed by atoms with Crippen LogP contribution < -0.4 is 16.0 Å². The van der Waals surface area contributed by atoms with E-state index in [0.717, 1.165) is 119 Å². The number of likely N-dealkylation sites (tertiary alicyclic amines) is 1. The van der Waals surface area contributed by atoms with Crippen LogP contribution in [0.15, 0.2) is 78.7 Å². The summed E-state index contributed by atoms with van der Waals surface area (Å²) in [6.45, 7) is 15.7. The van der Waals surface area contributed by atoms with Gasteiger partial charge in [0.2, 0.25) is 17.7 Å². The van der Waals surface area contributed by atoms with Crippen LogP contribution in [0.2, 0.25) is 0 Å². The van der Waals surface area contributed by atoms with E-state index in [4.69, 9.17) is 4.98 Å². The van der Waals surface area contributed by atoms with E-state index in [1.807, 2.05) is 88.4 Å². The molecule has 70 heavy (non-hydrogen) atoms. The molecule has 372 valence electrons. The molecule has 0 bridgehead atoms. The van der Waals surface area contributed by atoms with E-state index < -0.39 is 23.6 Å². The fraction of sp³-hybridized carbons (Fsp3) is 0.464. The quantitative estimate of drug-likeness (QED) is 0.0520. The lowest BCUT2D eigenvalue weighted by atomic mass is 9.85. The summed E-state index contributed by atoms with van der Waals surface area (Å²) < 4.78 is 16.0. The van der Waals surface area contributed by atoms with E-state index in [9.17, 15) is 23.9 Å². The van der Waals surface area contributed by atoms with Crippen molar-refractivity contribution in [2.45, 2.75) is 143 Å². The van der Waals surface area contributed by atoms with Crippen LogP contribution in [0, 0.1) is 32.0 Å². The number of carbonyl (C=O) groups excluding carboxylic acids is 3. The van der Waals surface area contributed by atoms with Crippen molar-refractivity contribution in [1.82, 2.24) is 40.4 Å². The second kappa shape index (κ2) is 23.4. The van der Waals surface area contributed by atoms with Crippen LogP contribution in [-0.4, -0.2) is 78.5 Å². The van der Waals surface area contributed by atoms with Gasteiger partial charge in [-0.15, -0.1) is 11.3 Å². The van der Waals surface area contributed by atoms with Crippen molar-refractivity contribution in [3.05, 3.63) is 112 Å². The highest BCUT2D eigenvalue weighted by atomic mass is 32.1. The number of aromatic nitrogens is 4. The van der Waals surface area contributed by atoms with Crippen LogP contribution in [0.4, 0.5) is 4.39 Å². The Labute approximate surface area is 416 Å². The SMILES string of the molecule is Cc1cc(CNCCCCCCCCCCC(=O)N[C@H](C(=O)N2C[C@H](O)C[C@H]2C(=O)N[C@@H](C)c2ccc(-c3scnc3C)cc2)C(C)(C)C)cc(C)c1-c1ncn(C)c1-c1ccnc2cc(F)ccc12. The van der Waals surface area contributed by atoms with Crippen molar-refractivity contribution >= 4 is 40.0 Å². The lowest BCUT2D eigenvalue weighted by molar-refractivity contribution is -0.144. The largest absolute Gasteiger partial charge is 0.391 e. The van der Waals surface area contributed by atoms with Crippen molar-refractivity contribution in [2.75, 3.05) is 13.1 Å². The lowest BCUT2D eigenvalue weighted by Crippen LogP contribution is -2.57. The van der Waals surface area contributed by atoms with E-state index in [1.54, 1.807) is 23.6 Å². The van der Waals surface area contributed by atoms with Gasteiger partial charge in [0, 0.05) is 61.8 Å². The molecule has 0 radical (unpaired) electrons. The van der Waals surface area contributed by atoms with Gasteiger partial charge in [-0.3, -0.25) is 19.4 Å². The lowest BCUT2D eigenvalue weighted by Gasteiger charge is -2.35. The third-order valence-electron chi connectivity index (χ3n) is 13.6. The Morgan fingerprint density at radius 2 is 1.56 bits per heavy atom. The number of carbonyl (C=O) groups is 3. The fourth-order valence-electron chi connectivity index (χ4n) is 9.86. The Bertz CT molecular complexity index is 2740. The summed E-state index contributed by atoms with van der Waals surface area (Å²) in [6.07, 6.45) is 11.6. The maximum atomic E-state index is 14.1. The van der Waals surface area contributed by atoms with Crippen molar-refractivity contribution in [1.29, 1.82) is 0 Å². The number of pyridine rings is 1. The van der Waals surface area contributed by atoms with Crippen LogP contribution in [0.1, 0.15) is 126 Å². The van der Waals surface area contributed by atoms with Gasteiger partial charge < -0.3 is 30.5 Å². The molecule has 4 atom stereocenters. The third kappa shape index (κ3) is 12.7. The van der Waals surface area contributed by atoms with Crippen molar-refractivity contribution in [3.8, 4) is 33.0 Å². The summed E-state index contributed by atoms with van der Waals surface area (Å²) in [5.74, 6) is -1.16. The zero-order valence-electron chi connectivity index (χ0n) is 42.2. The molecule has 7 rings (SSSR count). The van der Waals surface area contributed by atoms with Gasteiger partial charge >= 0.3 is 0 Å². The number of aliphatic hydroxyl groups excluding tert-OH is 1. The molecular weight excluding hydrogens is 900 g/mol. The summed E-state index contributed by atoms with van der Waals surface area (Å²) in [5.41, 5.74) is 12.3. The van der Waals surface area contributed by atoms with Crippen LogP contribution >= 0.6 is 11.3 Å². The van der Waals surface area contributed by atoms with Gasteiger partial charge in [-0.05, 0) is 98.5 Å². The monoisotopic (exact) mass is 971 g/mol. The summed E-state index contributed by atoms with van der Waals surface area (Å²) in [4.78, 5) is 57.2.